The molecule has 1 heterocycles. The molecule has 0 spiro atoms. The second kappa shape index (κ2) is 4.94. The average Bonchev–Trinajstić information content (AvgIpc) is 2.69. The van der Waals surface area contributed by atoms with Crippen LogP contribution >= 0.6 is 34.2 Å². The van der Waals surface area contributed by atoms with E-state index in [2.05, 4.69) is 57.2 Å². The van der Waals surface area contributed by atoms with Gasteiger partial charge in [0.05, 0.1) is 24.3 Å². The van der Waals surface area contributed by atoms with Crippen LogP contribution in [0.1, 0.15) is 11.3 Å². The quantitative estimate of drug-likeness (QED) is 0.639. The van der Waals surface area contributed by atoms with E-state index in [9.17, 15) is 0 Å². The van der Waals surface area contributed by atoms with E-state index >= 15 is 0 Å². The molecule has 0 saturated heterocycles. The number of hydrogen-bond donors (Lipinski definition) is 0. The molecule has 1 aromatic carbocycles. The lowest BCUT2D eigenvalue weighted by molar-refractivity contribution is 0.649. The van der Waals surface area contributed by atoms with E-state index in [0.29, 0.717) is 5.88 Å². The van der Waals surface area contributed by atoms with Crippen LogP contribution < -0.4 is 0 Å². The van der Waals surface area contributed by atoms with E-state index in [1.807, 2.05) is 6.20 Å². The monoisotopic (exact) mass is 333 g/mol. The van der Waals surface area contributed by atoms with Crippen molar-refractivity contribution >= 4 is 34.2 Å². The van der Waals surface area contributed by atoms with Gasteiger partial charge in [0, 0.05) is 3.57 Å². The van der Waals surface area contributed by atoms with Gasteiger partial charge in [0.25, 0.3) is 0 Å². The van der Waals surface area contributed by atoms with Gasteiger partial charge in [-0.05, 0) is 40.3 Å². The average molecular weight is 334 g/mol. The van der Waals surface area contributed by atoms with Crippen LogP contribution in [-0.2, 0) is 12.4 Å². The van der Waals surface area contributed by atoms with Crippen LogP contribution in [0.3, 0.4) is 0 Å². The largest absolute Gasteiger partial charge is 0.248 e. The maximum Gasteiger partial charge on any atom is 0.0974 e. The third-order valence-electron chi connectivity index (χ3n) is 1.98. The second-order valence-corrected chi connectivity index (χ2v) is 4.68. The molecular weight excluding hydrogens is 324 g/mol. The highest BCUT2D eigenvalue weighted by molar-refractivity contribution is 14.1. The molecule has 15 heavy (non-hydrogen) atoms. The van der Waals surface area contributed by atoms with E-state index in [4.69, 9.17) is 11.6 Å². The molecule has 5 heteroatoms. The molecule has 0 atom stereocenters. The smallest absolute Gasteiger partial charge is 0.0974 e. The molecule has 0 unspecified atom stereocenters. The molecule has 1 aromatic heterocycles. The van der Waals surface area contributed by atoms with Crippen LogP contribution in [0.5, 0.6) is 0 Å². The number of halogens is 2. The highest BCUT2D eigenvalue weighted by atomic mass is 127. The van der Waals surface area contributed by atoms with Crippen LogP contribution in [0.2, 0.25) is 0 Å². The Morgan fingerprint density at radius 2 is 2.00 bits per heavy atom. The van der Waals surface area contributed by atoms with Gasteiger partial charge in [-0.2, -0.15) is 0 Å². The molecule has 3 nitrogen and oxygen atoms in total. The number of aromatic nitrogens is 3. The van der Waals surface area contributed by atoms with Crippen molar-refractivity contribution in [2.24, 2.45) is 0 Å². The molecule has 0 amide bonds. The Labute approximate surface area is 107 Å². The van der Waals surface area contributed by atoms with Gasteiger partial charge in [-0.1, -0.05) is 17.3 Å². The lowest BCUT2D eigenvalue weighted by Crippen LogP contribution is -2.00. The molecule has 78 valence electrons. The van der Waals surface area contributed by atoms with E-state index in [1.54, 1.807) is 4.68 Å². The summed E-state index contributed by atoms with van der Waals surface area (Å²) in [5.74, 6) is 0.409. The van der Waals surface area contributed by atoms with Gasteiger partial charge in [-0.3, -0.25) is 0 Å². The molecule has 0 radical (unpaired) electrons. The van der Waals surface area contributed by atoms with Gasteiger partial charge in [-0.25, -0.2) is 4.68 Å². The van der Waals surface area contributed by atoms with Gasteiger partial charge in [-0.15, -0.1) is 16.7 Å². The molecule has 0 bridgehead atoms. The van der Waals surface area contributed by atoms with Crippen molar-refractivity contribution in [1.29, 1.82) is 0 Å². The molecule has 2 rings (SSSR count). The predicted octanol–water partition coefficient (Wildman–Crippen LogP) is 2.67. The van der Waals surface area contributed by atoms with Gasteiger partial charge in [0.15, 0.2) is 0 Å². The lowest BCUT2D eigenvalue weighted by atomic mass is 10.2. The minimum absolute atomic E-state index is 0.409. The zero-order chi connectivity index (χ0) is 10.7. The van der Waals surface area contributed by atoms with Crippen molar-refractivity contribution in [2.75, 3.05) is 0 Å². The number of hydrogen-bond acceptors (Lipinski definition) is 2. The maximum atomic E-state index is 5.65. The first kappa shape index (κ1) is 10.9. The van der Waals surface area contributed by atoms with Crippen molar-refractivity contribution < 1.29 is 0 Å². The Morgan fingerprint density at radius 1 is 1.27 bits per heavy atom. The third kappa shape index (κ3) is 2.92. The van der Waals surface area contributed by atoms with E-state index < -0.39 is 0 Å². The predicted molar refractivity (Wildman–Crippen MR) is 67.8 cm³/mol. The summed E-state index contributed by atoms with van der Waals surface area (Å²) < 4.78 is 3.02. The number of alkyl halides is 1. The number of rotatable bonds is 3. The van der Waals surface area contributed by atoms with E-state index in [-0.39, 0.29) is 0 Å². The highest BCUT2D eigenvalue weighted by Gasteiger charge is 1.99. The van der Waals surface area contributed by atoms with Crippen LogP contribution in [0, 0.1) is 3.57 Å². The van der Waals surface area contributed by atoms with Gasteiger partial charge < -0.3 is 0 Å². The Bertz CT molecular complexity index is 438. The van der Waals surface area contributed by atoms with Crippen molar-refractivity contribution in [3.8, 4) is 0 Å². The van der Waals surface area contributed by atoms with Crippen molar-refractivity contribution in [2.45, 2.75) is 12.4 Å². The summed E-state index contributed by atoms with van der Waals surface area (Å²) in [6, 6.07) is 8.33. The standard InChI is InChI=1S/C10H9ClIN3/c11-5-10-7-15(14-13-10)6-8-1-3-9(12)4-2-8/h1-4,7H,5-6H2. The minimum atomic E-state index is 0.409. The molecule has 2 aromatic rings. The SMILES string of the molecule is ClCc1cn(Cc2ccc(I)cc2)nn1. The van der Waals surface area contributed by atoms with Crippen LogP contribution in [0.4, 0.5) is 0 Å². The molecule has 0 aliphatic heterocycles. The Morgan fingerprint density at radius 3 is 2.60 bits per heavy atom. The molecule has 0 N–H and O–H groups in total. The first-order valence-corrected chi connectivity index (χ1v) is 6.08. The zero-order valence-corrected chi connectivity index (χ0v) is 10.8. The molecule has 0 aliphatic rings. The van der Waals surface area contributed by atoms with Crippen LogP contribution in [0.15, 0.2) is 30.5 Å². The Kier molecular flexibility index (Phi) is 3.58. The fraction of sp³-hybridized carbons (Fsp3) is 0.200. The molecule has 0 fully saturated rings. The van der Waals surface area contributed by atoms with Crippen molar-refractivity contribution in [1.82, 2.24) is 15.0 Å². The topological polar surface area (TPSA) is 30.7 Å². The fourth-order valence-electron chi connectivity index (χ4n) is 1.25. The summed E-state index contributed by atoms with van der Waals surface area (Å²) in [6.07, 6.45) is 1.87. The second-order valence-electron chi connectivity index (χ2n) is 3.17. The Hall–Kier alpha value is -0.620. The summed E-state index contributed by atoms with van der Waals surface area (Å²) in [4.78, 5) is 0. The normalized spacial score (nSPS) is 10.5. The van der Waals surface area contributed by atoms with Gasteiger partial charge in [0.2, 0.25) is 0 Å². The van der Waals surface area contributed by atoms with Crippen molar-refractivity contribution in [3.63, 3.8) is 0 Å². The molecule has 0 aliphatic carbocycles. The van der Waals surface area contributed by atoms with Gasteiger partial charge in [0.1, 0.15) is 0 Å². The first-order chi connectivity index (χ1) is 7.28. The van der Waals surface area contributed by atoms with Crippen molar-refractivity contribution in [3.05, 3.63) is 45.3 Å². The highest BCUT2D eigenvalue weighted by Crippen LogP contribution is 2.08. The van der Waals surface area contributed by atoms with E-state index in [0.717, 1.165) is 12.2 Å². The lowest BCUT2D eigenvalue weighted by Gasteiger charge is -2.00. The summed E-state index contributed by atoms with van der Waals surface area (Å²) in [5.41, 5.74) is 2.02. The maximum absolute atomic E-state index is 5.65. The first-order valence-electron chi connectivity index (χ1n) is 4.47. The number of benzene rings is 1. The zero-order valence-electron chi connectivity index (χ0n) is 7.90. The van der Waals surface area contributed by atoms with Crippen LogP contribution in [-0.4, -0.2) is 15.0 Å². The minimum Gasteiger partial charge on any atom is -0.248 e. The Balaban J connectivity index is 2.11. The number of nitrogens with zero attached hydrogens (tertiary/aromatic N) is 3. The van der Waals surface area contributed by atoms with Crippen LogP contribution in [0.25, 0.3) is 0 Å². The third-order valence-corrected chi connectivity index (χ3v) is 2.97. The summed E-state index contributed by atoms with van der Waals surface area (Å²) in [6.45, 7) is 0.737. The summed E-state index contributed by atoms with van der Waals surface area (Å²) >= 11 is 7.93. The van der Waals surface area contributed by atoms with Gasteiger partial charge >= 0.3 is 0 Å². The molecule has 0 saturated carbocycles. The summed E-state index contributed by atoms with van der Waals surface area (Å²) in [7, 11) is 0. The molecular formula is C10H9ClIN3. The van der Waals surface area contributed by atoms with E-state index in [1.165, 1.54) is 9.13 Å². The summed E-state index contributed by atoms with van der Waals surface area (Å²) in [5, 5.41) is 7.91. The fourth-order valence-corrected chi connectivity index (χ4v) is 1.74.